The Morgan fingerprint density at radius 2 is 2.24 bits per heavy atom. The molecule has 6 heteroatoms. The van der Waals surface area contributed by atoms with Gasteiger partial charge < -0.3 is 9.84 Å². The monoisotopic (exact) mass is 250 g/mol. The minimum absolute atomic E-state index is 0.612. The number of rotatable bonds is 4. The summed E-state index contributed by atoms with van der Waals surface area (Å²) in [6.45, 7) is 4.57. The van der Waals surface area contributed by atoms with E-state index < -0.39 is 0 Å². The maximum Gasteiger partial charge on any atom is 0.202 e. The Bertz CT molecular complexity index is 510. The van der Waals surface area contributed by atoms with E-state index in [0.717, 1.165) is 28.0 Å². The molecule has 3 rings (SSSR count). The average Bonchev–Trinajstić information content (AvgIpc) is 2.98. The highest BCUT2D eigenvalue weighted by Gasteiger charge is 2.27. The average molecular weight is 250 g/mol. The molecular formula is C11H14N4OS. The molecule has 0 unspecified atom stereocenters. The highest BCUT2D eigenvalue weighted by molar-refractivity contribution is 7.09. The van der Waals surface area contributed by atoms with Crippen LogP contribution in [0.1, 0.15) is 41.6 Å². The molecule has 0 atom stereocenters. The van der Waals surface area contributed by atoms with Crippen LogP contribution < -0.4 is 5.32 Å². The second-order valence-electron chi connectivity index (χ2n) is 4.39. The normalized spacial score (nSPS) is 15.2. The van der Waals surface area contributed by atoms with Crippen LogP contribution in [-0.4, -0.2) is 14.5 Å². The van der Waals surface area contributed by atoms with Gasteiger partial charge in [-0.3, -0.25) is 0 Å². The molecule has 0 saturated heterocycles. The van der Waals surface area contributed by atoms with Crippen molar-refractivity contribution in [2.45, 2.75) is 39.2 Å². The molecule has 1 aliphatic carbocycles. The highest BCUT2D eigenvalue weighted by Crippen LogP contribution is 2.39. The Balaban J connectivity index is 1.66. The number of aryl methyl sites for hydroxylation is 2. The third kappa shape index (κ3) is 2.17. The zero-order valence-electron chi connectivity index (χ0n) is 9.86. The number of aromatic nitrogens is 3. The third-order valence-electron chi connectivity index (χ3n) is 2.98. The molecule has 2 heterocycles. The SMILES string of the molecule is Cc1noc(C)c1CNc1nc(C2CC2)ns1. The fourth-order valence-electron chi connectivity index (χ4n) is 1.73. The van der Waals surface area contributed by atoms with E-state index in [4.69, 9.17) is 4.52 Å². The molecule has 0 amide bonds. The first-order valence-electron chi connectivity index (χ1n) is 5.73. The number of anilines is 1. The van der Waals surface area contributed by atoms with Crippen LogP contribution in [0, 0.1) is 13.8 Å². The van der Waals surface area contributed by atoms with E-state index in [1.165, 1.54) is 24.4 Å². The van der Waals surface area contributed by atoms with Gasteiger partial charge >= 0.3 is 0 Å². The second kappa shape index (κ2) is 4.10. The topological polar surface area (TPSA) is 63.8 Å². The van der Waals surface area contributed by atoms with Crippen LogP contribution in [0.25, 0.3) is 0 Å². The lowest BCUT2D eigenvalue weighted by atomic mass is 10.2. The molecule has 0 aliphatic heterocycles. The van der Waals surface area contributed by atoms with Crippen LogP contribution in [0.4, 0.5) is 5.13 Å². The Kier molecular flexibility index (Phi) is 2.58. The standard InChI is InChI=1S/C11H14N4OS/c1-6-9(7(2)16-14-6)5-12-11-13-10(15-17-11)8-3-4-8/h8H,3-5H2,1-2H3,(H,12,13,15). The molecule has 90 valence electrons. The van der Waals surface area contributed by atoms with Gasteiger partial charge in [-0.15, -0.1) is 0 Å². The predicted octanol–water partition coefficient (Wildman–Crippen LogP) is 2.63. The quantitative estimate of drug-likeness (QED) is 0.903. The van der Waals surface area contributed by atoms with Gasteiger partial charge in [-0.05, 0) is 26.7 Å². The second-order valence-corrected chi connectivity index (χ2v) is 5.14. The van der Waals surface area contributed by atoms with Crippen molar-refractivity contribution < 1.29 is 4.52 Å². The maximum absolute atomic E-state index is 5.11. The molecular weight excluding hydrogens is 236 g/mol. The molecule has 2 aromatic heterocycles. The van der Waals surface area contributed by atoms with Gasteiger partial charge in [0.2, 0.25) is 5.13 Å². The Hall–Kier alpha value is -1.43. The first-order valence-corrected chi connectivity index (χ1v) is 6.50. The lowest BCUT2D eigenvalue weighted by molar-refractivity contribution is 0.392. The van der Waals surface area contributed by atoms with Crippen LogP contribution in [0.2, 0.25) is 0 Å². The highest BCUT2D eigenvalue weighted by atomic mass is 32.1. The Morgan fingerprint density at radius 1 is 1.41 bits per heavy atom. The van der Waals surface area contributed by atoms with Crippen LogP contribution in [0.5, 0.6) is 0 Å². The van der Waals surface area contributed by atoms with Gasteiger partial charge in [0.25, 0.3) is 0 Å². The van der Waals surface area contributed by atoms with E-state index in [0.29, 0.717) is 12.5 Å². The van der Waals surface area contributed by atoms with Gasteiger partial charge in [0.05, 0.1) is 5.69 Å². The predicted molar refractivity (Wildman–Crippen MR) is 65.2 cm³/mol. The minimum atomic E-state index is 0.612. The minimum Gasteiger partial charge on any atom is -0.361 e. The van der Waals surface area contributed by atoms with E-state index in [1.54, 1.807) is 0 Å². The van der Waals surface area contributed by atoms with Crippen molar-refractivity contribution in [3.8, 4) is 0 Å². The first kappa shape index (κ1) is 10.7. The van der Waals surface area contributed by atoms with Crippen molar-refractivity contribution >= 4 is 16.7 Å². The zero-order chi connectivity index (χ0) is 11.8. The molecule has 17 heavy (non-hydrogen) atoms. The van der Waals surface area contributed by atoms with Crippen LogP contribution >= 0.6 is 11.5 Å². The van der Waals surface area contributed by atoms with Crippen LogP contribution in [-0.2, 0) is 6.54 Å². The first-order chi connectivity index (χ1) is 8.24. The van der Waals surface area contributed by atoms with E-state index in [9.17, 15) is 0 Å². The molecule has 2 aromatic rings. The number of nitrogens with zero attached hydrogens (tertiary/aromatic N) is 3. The molecule has 1 fully saturated rings. The summed E-state index contributed by atoms with van der Waals surface area (Å²) in [7, 11) is 0. The fraction of sp³-hybridized carbons (Fsp3) is 0.545. The lowest BCUT2D eigenvalue weighted by Gasteiger charge is -2.00. The Labute approximate surface area is 103 Å². The van der Waals surface area contributed by atoms with E-state index in [-0.39, 0.29) is 0 Å². The van der Waals surface area contributed by atoms with Crippen molar-refractivity contribution in [3.63, 3.8) is 0 Å². The summed E-state index contributed by atoms with van der Waals surface area (Å²) in [6, 6.07) is 0. The summed E-state index contributed by atoms with van der Waals surface area (Å²) >= 11 is 1.43. The molecule has 5 nitrogen and oxygen atoms in total. The third-order valence-corrected chi connectivity index (χ3v) is 3.67. The van der Waals surface area contributed by atoms with E-state index in [1.807, 2.05) is 13.8 Å². The molecule has 1 N–H and O–H groups in total. The molecule has 1 aliphatic rings. The fourth-order valence-corrected chi connectivity index (χ4v) is 2.37. The number of hydrogen-bond donors (Lipinski definition) is 1. The summed E-state index contributed by atoms with van der Waals surface area (Å²) in [5.41, 5.74) is 2.04. The molecule has 0 bridgehead atoms. The van der Waals surface area contributed by atoms with Gasteiger partial charge in [-0.25, -0.2) is 4.98 Å². The van der Waals surface area contributed by atoms with Crippen LogP contribution in [0.3, 0.4) is 0 Å². The Morgan fingerprint density at radius 3 is 2.88 bits per heavy atom. The molecule has 1 saturated carbocycles. The van der Waals surface area contributed by atoms with Gasteiger partial charge in [-0.1, -0.05) is 5.16 Å². The van der Waals surface area contributed by atoms with Crippen molar-refractivity contribution in [2.24, 2.45) is 0 Å². The van der Waals surface area contributed by atoms with Crippen molar-refractivity contribution in [3.05, 3.63) is 22.8 Å². The zero-order valence-corrected chi connectivity index (χ0v) is 10.7. The smallest absolute Gasteiger partial charge is 0.202 e. The largest absolute Gasteiger partial charge is 0.361 e. The van der Waals surface area contributed by atoms with E-state index in [2.05, 4.69) is 19.8 Å². The summed E-state index contributed by atoms with van der Waals surface area (Å²) in [4.78, 5) is 4.48. The van der Waals surface area contributed by atoms with Crippen molar-refractivity contribution in [1.29, 1.82) is 0 Å². The van der Waals surface area contributed by atoms with Crippen LogP contribution in [0.15, 0.2) is 4.52 Å². The van der Waals surface area contributed by atoms with Gasteiger partial charge in [0.15, 0.2) is 0 Å². The van der Waals surface area contributed by atoms with Gasteiger partial charge in [-0.2, -0.15) is 4.37 Å². The number of nitrogens with one attached hydrogen (secondary N) is 1. The molecule has 0 aromatic carbocycles. The summed E-state index contributed by atoms with van der Waals surface area (Å²) in [6.07, 6.45) is 2.47. The van der Waals surface area contributed by atoms with Crippen molar-refractivity contribution in [1.82, 2.24) is 14.5 Å². The summed E-state index contributed by atoms with van der Waals surface area (Å²) < 4.78 is 9.47. The molecule has 0 spiro atoms. The lowest BCUT2D eigenvalue weighted by Crippen LogP contribution is -2.01. The number of hydrogen-bond acceptors (Lipinski definition) is 6. The maximum atomic E-state index is 5.11. The van der Waals surface area contributed by atoms with Crippen molar-refractivity contribution in [2.75, 3.05) is 5.32 Å². The van der Waals surface area contributed by atoms with Gasteiger partial charge in [0.1, 0.15) is 11.6 Å². The van der Waals surface area contributed by atoms with Gasteiger partial charge in [0, 0.05) is 29.6 Å². The summed E-state index contributed by atoms with van der Waals surface area (Å²) in [5.74, 6) is 2.47. The summed E-state index contributed by atoms with van der Waals surface area (Å²) in [5, 5.41) is 8.08. The van der Waals surface area contributed by atoms with E-state index >= 15 is 0 Å². The molecule has 0 radical (unpaired) electrons.